The van der Waals surface area contributed by atoms with Crippen LogP contribution in [0.5, 0.6) is 5.75 Å². The lowest BCUT2D eigenvalue weighted by atomic mass is 10.3. The van der Waals surface area contributed by atoms with Gasteiger partial charge in [-0.3, -0.25) is 4.79 Å². The third-order valence-corrected chi connectivity index (χ3v) is 5.40. The summed E-state index contributed by atoms with van der Waals surface area (Å²) in [4.78, 5) is 16.5. The maximum absolute atomic E-state index is 12.1. The second-order valence-electron chi connectivity index (χ2n) is 5.16. The van der Waals surface area contributed by atoms with E-state index in [1.54, 1.807) is 0 Å². The van der Waals surface area contributed by atoms with E-state index in [0.717, 1.165) is 31.1 Å². The maximum atomic E-state index is 12.1. The van der Waals surface area contributed by atoms with Crippen LogP contribution in [0.1, 0.15) is 10.7 Å². The number of hydrogen-bond acceptors (Lipinski definition) is 4. The van der Waals surface area contributed by atoms with Crippen molar-refractivity contribution in [2.24, 2.45) is 0 Å². The molecule has 0 atom stereocenters. The topological polar surface area (TPSA) is 51.2 Å². The number of hydrogen-bond donors (Lipinski definition) is 1. The molecule has 0 saturated carbocycles. The van der Waals surface area contributed by atoms with Crippen LogP contribution in [0.3, 0.4) is 0 Å². The normalized spacial score (nSPS) is 10.5. The van der Waals surface area contributed by atoms with Gasteiger partial charge < -0.3 is 10.1 Å². The van der Waals surface area contributed by atoms with Crippen LogP contribution in [0.2, 0.25) is 0 Å². The molecule has 0 spiro atoms. The molecular weight excluding hydrogens is 468 g/mol. The van der Waals surface area contributed by atoms with Crippen molar-refractivity contribution < 1.29 is 9.53 Å². The third-order valence-electron chi connectivity index (χ3n) is 3.25. The smallest absolute Gasteiger partial charge is 0.231 e. The van der Waals surface area contributed by atoms with Gasteiger partial charge in [0.05, 0.1) is 21.1 Å². The Morgan fingerprint density at radius 2 is 1.80 bits per heavy atom. The molecule has 0 unspecified atom stereocenters. The molecule has 128 valence electrons. The summed E-state index contributed by atoms with van der Waals surface area (Å²) in [6.07, 6.45) is 0.248. The molecule has 2 aromatic carbocycles. The van der Waals surface area contributed by atoms with Crippen LogP contribution in [-0.4, -0.2) is 10.9 Å². The minimum atomic E-state index is -0.0819. The first-order valence-electron chi connectivity index (χ1n) is 7.47. The molecule has 1 heterocycles. The minimum Gasteiger partial charge on any atom is -0.485 e. The highest BCUT2D eigenvalue weighted by Gasteiger charge is 2.10. The number of amides is 1. The number of aromatic nitrogens is 1. The Morgan fingerprint density at radius 3 is 2.52 bits per heavy atom. The van der Waals surface area contributed by atoms with Gasteiger partial charge in [-0.15, -0.1) is 11.3 Å². The second kappa shape index (κ2) is 8.60. The highest BCUT2D eigenvalue weighted by atomic mass is 79.9. The zero-order valence-electron chi connectivity index (χ0n) is 13.0. The number of anilines is 1. The van der Waals surface area contributed by atoms with E-state index < -0.39 is 0 Å². The van der Waals surface area contributed by atoms with Gasteiger partial charge in [0.25, 0.3) is 0 Å². The fourth-order valence-corrected chi connectivity index (χ4v) is 4.13. The Balaban J connectivity index is 1.56. The molecule has 1 amide bonds. The standard InChI is InChI=1S/C18H14Br2N2O2S/c19-14-7-4-8-15(20)18(14)24-10-13-11-25-17(22-13)9-16(23)21-12-5-2-1-3-6-12/h1-8,11H,9-10H2,(H,21,23). The fourth-order valence-electron chi connectivity index (χ4n) is 2.13. The molecule has 7 heteroatoms. The van der Waals surface area contributed by atoms with E-state index in [0.29, 0.717) is 6.61 Å². The molecule has 0 aliphatic carbocycles. The summed E-state index contributed by atoms with van der Waals surface area (Å²) in [6.45, 7) is 0.345. The van der Waals surface area contributed by atoms with E-state index in [-0.39, 0.29) is 12.3 Å². The van der Waals surface area contributed by atoms with Gasteiger partial charge in [0.15, 0.2) is 0 Å². The van der Waals surface area contributed by atoms with Crippen LogP contribution in [0.15, 0.2) is 62.9 Å². The number of para-hydroxylation sites is 2. The molecule has 1 aromatic heterocycles. The van der Waals surface area contributed by atoms with Crippen LogP contribution in [0, 0.1) is 0 Å². The first kappa shape index (κ1) is 18.1. The maximum Gasteiger partial charge on any atom is 0.231 e. The van der Waals surface area contributed by atoms with Gasteiger partial charge in [-0.2, -0.15) is 0 Å². The summed E-state index contributed by atoms with van der Waals surface area (Å²) in [5.41, 5.74) is 1.58. The highest BCUT2D eigenvalue weighted by Crippen LogP contribution is 2.33. The molecule has 0 radical (unpaired) electrons. The minimum absolute atomic E-state index is 0.0819. The average molecular weight is 482 g/mol. The largest absolute Gasteiger partial charge is 0.485 e. The lowest BCUT2D eigenvalue weighted by Gasteiger charge is -2.08. The van der Waals surface area contributed by atoms with Gasteiger partial charge in [0, 0.05) is 11.1 Å². The fraction of sp³-hybridized carbons (Fsp3) is 0.111. The van der Waals surface area contributed by atoms with Gasteiger partial charge in [0.2, 0.25) is 5.91 Å². The van der Waals surface area contributed by atoms with Crippen molar-refractivity contribution in [3.05, 3.63) is 73.6 Å². The van der Waals surface area contributed by atoms with E-state index in [1.807, 2.05) is 53.9 Å². The predicted molar refractivity (Wildman–Crippen MR) is 107 cm³/mol. The van der Waals surface area contributed by atoms with Crippen LogP contribution in [-0.2, 0) is 17.8 Å². The number of nitrogens with zero attached hydrogens (tertiary/aromatic N) is 1. The lowest BCUT2D eigenvalue weighted by molar-refractivity contribution is -0.115. The number of rotatable bonds is 6. The summed E-state index contributed by atoms with van der Waals surface area (Å²) in [6, 6.07) is 15.1. The summed E-state index contributed by atoms with van der Waals surface area (Å²) in [7, 11) is 0. The summed E-state index contributed by atoms with van der Waals surface area (Å²) < 4.78 is 7.57. The third kappa shape index (κ3) is 5.14. The summed E-state index contributed by atoms with van der Waals surface area (Å²) in [5.74, 6) is 0.653. The van der Waals surface area contributed by atoms with Gasteiger partial charge in [0.1, 0.15) is 17.4 Å². The summed E-state index contributed by atoms with van der Waals surface area (Å²) in [5, 5.41) is 5.53. The first-order chi connectivity index (χ1) is 12.1. The molecule has 4 nitrogen and oxygen atoms in total. The number of thiazole rings is 1. The van der Waals surface area contributed by atoms with Crippen molar-refractivity contribution >= 4 is 54.8 Å². The van der Waals surface area contributed by atoms with Crippen LogP contribution in [0.25, 0.3) is 0 Å². The number of carbonyl (C=O) groups excluding carboxylic acids is 1. The molecular formula is C18H14Br2N2O2S. The number of nitrogens with one attached hydrogen (secondary N) is 1. The van der Waals surface area contributed by atoms with Gasteiger partial charge in [-0.25, -0.2) is 4.98 Å². The zero-order chi connectivity index (χ0) is 17.6. The number of ether oxygens (including phenoxy) is 1. The van der Waals surface area contributed by atoms with E-state index >= 15 is 0 Å². The Labute approximate surface area is 166 Å². The van der Waals surface area contributed by atoms with Gasteiger partial charge in [-0.1, -0.05) is 24.3 Å². The zero-order valence-corrected chi connectivity index (χ0v) is 17.0. The van der Waals surface area contributed by atoms with Crippen molar-refractivity contribution in [2.45, 2.75) is 13.0 Å². The van der Waals surface area contributed by atoms with Crippen LogP contribution in [0.4, 0.5) is 5.69 Å². The summed E-state index contributed by atoms with van der Waals surface area (Å²) >= 11 is 8.39. The Kier molecular flexibility index (Phi) is 6.23. The number of halogens is 2. The van der Waals surface area contributed by atoms with Crippen molar-refractivity contribution in [3.8, 4) is 5.75 Å². The van der Waals surface area contributed by atoms with Crippen LogP contribution < -0.4 is 10.1 Å². The molecule has 3 rings (SSSR count). The molecule has 0 aliphatic rings. The highest BCUT2D eigenvalue weighted by molar-refractivity contribution is 9.11. The molecule has 0 saturated heterocycles. The van der Waals surface area contributed by atoms with Gasteiger partial charge >= 0.3 is 0 Å². The SMILES string of the molecule is O=C(Cc1nc(COc2c(Br)cccc2Br)cs1)Nc1ccccc1. The Morgan fingerprint density at radius 1 is 1.08 bits per heavy atom. The monoisotopic (exact) mass is 480 g/mol. The van der Waals surface area contributed by atoms with E-state index in [4.69, 9.17) is 4.74 Å². The molecule has 3 aromatic rings. The Hall–Kier alpha value is -1.70. The lowest BCUT2D eigenvalue weighted by Crippen LogP contribution is -2.14. The van der Waals surface area contributed by atoms with Crippen molar-refractivity contribution in [1.82, 2.24) is 4.98 Å². The number of carbonyl (C=O) groups is 1. The van der Waals surface area contributed by atoms with Crippen molar-refractivity contribution in [3.63, 3.8) is 0 Å². The predicted octanol–water partition coefficient (Wildman–Crippen LogP) is 5.43. The quantitative estimate of drug-likeness (QED) is 0.510. The van der Waals surface area contributed by atoms with Crippen LogP contribution >= 0.6 is 43.2 Å². The first-order valence-corrected chi connectivity index (χ1v) is 9.93. The van der Waals surface area contributed by atoms with E-state index in [1.165, 1.54) is 11.3 Å². The molecule has 25 heavy (non-hydrogen) atoms. The van der Waals surface area contributed by atoms with E-state index in [9.17, 15) is 4.79 Å². The molecule has 1 N–H and O–H groups in total. The Bertz CT molecular complexity index is 848. The van der Waals surface area contributed by atoms with Crippen molar-refractivity contribution in [1.29, 1.82) is 0 Å². The second-order valence-corrected chi connectivity index (χ2v) is 7.81. The van der Waals surface area contributed by atoms with Crippen molar-refractivity contribution in [2.75, 3.05) is 5.32 Å². The van der Waals surface area contributed by atoms with E-state index in [2.05, 4.69) is 42.2 Å². The van der Waals surface area contributed by atoms with Gasteiger partial charge in [-0.05, 0) is 56.1 Å². The molecule has 0 bridgehead atoms. The molecule has 0 aliphatic heterocycles. The average Bonchev–Trinajstić information content (AvgIpc) is 3.02. The number of benzene rings is 2. The molecule has 0 fully saturated rings.